The molecule has 2 saturated heterocycles. The van der Waals surface area contributed by atoms with Crippen LogP contribution >= 0.6 is 0 Å². The van der Waals surface area contributed by atoms with Crippen LogP contribution in [0.15, 0.2) is 0 Å². The lowest BCUT2D eigenvalue weighted by molar-refractivity contribution is 0.387. The standard InChI is InChI=1S/2C14H28O/c2*1-2-3-4-5-6-7-8-9-10-11-12-14-13-15-14/h2*14H,2-13H2,1H3. The van der Waals surface area contributed by atoms with Crippen molar-refractivity contribution in [2.45, 2.75) is 167 Å². The van der Waals surface area contributed by atoms with Gasteiger partial charge in [0.25, 0.3) is 0 Å². The van der Waals surface area contributed by atoms with Gasteiger partial charge in [0.15, 0.2) is 0 Å². The summed E-state index contributed by atoms with van der Waals surface area (Å²) in [4.78, 5) is 0. The summed E-state index contributed by atoms with van der Waals surface area (Å²) in [6, 6.07) is 0. The van der Waals surface area contributed by atoms with Gasteiger partial charge in [-0.25, -0.2) is 0 Å². The minimum Gasteiger partial charge on any atom is -0.373 e. The van der Waals surface area contributed by atoms with Gasteiger partial charge < -0.3 is 9.47 Å². The van der Waals surface area contributed by atoms with Crippen LogP contribution in [-0.2, 0) is 9.47 Å². The molecule has 0 radical (unpaired) electrons. The number of hydrogen-bond acceptors (Lipinski definition) is 2. The lowest BCUT2D eigenvalue weighted by Crippen LogP contribution is -1.86. The third-order valence-electron chi connectivity index (χ3n) is 6.56. The Hall–Kier alpha value is -0.0800. The molecule has 2 nitrogen and oxygen atoms in total. The number of epoxide rings is 2. The van der Waals surface area contributed by atoms with Crippen molar-refractivity contribution in [2.75, 3.05) is 13.2 Å². The van der Waals surface area contributed by atoms with Gasteiger partial charge in [-0.2, -0.15) is 0 Å². The van der Waals surface area contributed by atoms with Gasteiger partial charge in [-0.1, -0.05) is 142 Å². The van der Waals surface area contributed by atoms with Crippen molar-refractivity contribution in [1.82, 2.24) is 0 Å². The zero-order valence-electron chi connectivity index (χ0n) is 20.9. The molecule has 0 bridgehead atoms. The van der Waals surface area contributed by atoms with Crippen LogP contribution in [0.25, 0.3) is 0 Å². The molecule has 2 atom stereocenters. The summed E-state index contributed by atoms with van der Waals surface area (Å²) in [5.41, 5.74) is 0. The fraction of sp³-hybridized carbons (Fsp3) is 1.00. The van der Waals surface area contributed by atoms with Gasteiger partial charge >= 0.3 is 0 Å². The van der Waals surface area contributed by atoms with E-state index >= 15 is 0 Å². The van der Waals surface area contributed by atoms with Crippen molar-refractivity contribution in [2.24, 2.45) is 0 Å². The maximum absolute atomic E-state index is 5.19. The van der Waals surface area contributed by atoms with Crippen LogP contribution < -0.4 is 0 Å². The Kier molecular flexibility index (Phi) is 20.6. The van der Waals surface area contributed by atoms with Crippen LogP contribution in [0.4, 0.5) is 0 Å². The Balaban J connectivity index is 0.000000300. The van der Waals surface area contributed by atoms with Crippen LogP contribution in [0.2, 0.25) is 0 Å². The van der Waals surface area contributed by atoms with E-state index in [9.17, 15) is 0 Å². The molecule has 0 spiro atoms. The lowest BCUT2D eigenvalue weighted by atomic mass is 10.1. The molecule has 2 rings (SSSR count). The maximum atomic E-state index is 5.19. The van der Waals surface area contributed by atoms with Crippen molar-refractivity contribution in [3.8, 4) is 0 Å². The van der Waals surface area contributed by atoms with Gasteiger partial charge in [-0.05, 0) is 12.8 Å². The molecule has 2 aliphatic rings. The third-order valence-corrected chi connectivity index (χ3v) is 6.56. The van der Waals surface area contributed by atoms with E-state index in [1.54, 1.807) is 0 Å². The molecule has 2 heterocycles. The molecule has 0 saturated carbocycles. The molecule has 180 valence electrons. The predicted molar refractivity (Wildman–Crippen MR) is 132 cm³/mol. The first-order chi connectivity index (χ1) is 14.9. The van der Waals surface area contributed by atoms with E-state index in [1.807, 2.05) is 0 Å². The zero-order valence-corrected chi connectivity index (χ0v) is 20.9. The van der Waals surface area contributed by atoms with E-state index in [0.717, 1.165) is 13.2 Å². The first-order valence-electron chi connectivity index (χ1n) is 14.1. The lowest BCUT2D eigenvalue weighted by Gasteiger charge is -2.01. The van der Waals surface area contributed by atoms with Crippen molar-refractivity contribution in [3.05, 3.63) is 0 Å². The van der Waals surface area contributed by atoms with Gasteiger partial charge in [-0.15, -0.1) is 0 Å². The summed E-state index contributed by atoms with van der Waals surface area (Å²) >= 11 is 0. The fourth-order valence-corrected chi connectivity index (χ4v) is 4.19. The summed E-state index contributed by atoms with van der Waals surface area (Å²) in [5.74, 6) is 0. The summed E-state index contributed by atoms with van der Waals surface area (Å²) in [6.07, 6.45) is 32.6. The minimum absolute atomic E-state index is 0.652. The maximum Gasteiger partial charge on any atom is 0.0810 e. The van der Waals surface area contributed by atoms with Crippen molar-refractivity contribution >= 4 is 0 Å². The van der Waals surface area contributed by atoms with Crippen LogP contribution in [-0.4, -0.2) is 25.4 Å². The molecular formula is C28H56O2. The quantitative estimate of drug-likeness (QED) is 0.128. The van der Waals surface area contributed by atoms with Crippen LogP contribution in [0.3, 0.4) is 0 Å². The minimum atomic E-state index is 0.652. The Bertz CT molecular complexity index is 291. The molecule has 0 N–H and O–H groups in total. The second-order valence-electron chi connectivity index (χ2n) is 9.85. The molecule has 0 aromatic heterocycles. The molecular weight excluding hydrogens is 368 g/mol. The molecule has 0 amide bonds. The van der Waals surface area contributed by atoms with E-state index in [4.69, 9.17) is 9.47 Å². The first-order valence-corrected chi connectivity index (χ1v) is 14.1. The number of rotatable bonds is 22. The number of unbranched alkanes of at least 4 members (excludes halogenated alkanes) is 18. The smallest absolute Gasteiger partial charge is 0.0810 e. The van der Waals surface area contributed by atoms with Crippen molar-refractivity contribution in [3.63, 3.8) is 0 Å². The molecule has 2 heteroatoms. The summed E-state index contributed by atoms with van der Waals surface area (Å²) < 4.78 is 10.4. The van der Waals surface area contributed by atoms with E-state index in [0.29, 0.717) is 12.2 Å². The largest absolute Gasteiger partial charge is 0.373 e. The average Bonchev–Trinajstić information content (AvgIpc) is 3.67. The third kappa shape index (κ3) is 22.6. The molecule has 30 heavy (non-hydrogen) atoms. The van der Waals surface area contributed by atoms with Crippen LogP contribution in [0.5, 0.6) is 0 Å². The Morgan fingerprint density at radius 2 is 0.633 bits per heavy atom. The highest BCUT2D eigenvalue weighted by Gasteiger charge is 2.21. The molecule has 0 aromatic carbocycles. The Morgan fingerprint density at radius 3 is 0.867 bits per heavy atom. The fourth-order valence-electron chi connectivity index (χ4n) is 4.19. The van der Waals surface area contributed by atoms with Crippen molar-refractivity contribution in [1.29, 1.82) is 0 Å². The van der Waals surface area contributed by atoms with Gasteiger partial charge in [0, 0.05) is 0 Å². The second kappa shape index (κ2) is 22.1. The van der Waals surface area contributed by atoms with Gasteiger partial charge in [0.05, 0.1) is 25.4 Å². The van der Waals surface area contributed by atoms with Crippen molar-refractivity contribution < 1.29 is 9.47 Å². The Morgan fingerprint density at radius 1 is 0.400 bits per heavy atom. The van der Waals surface area contributed by atoms with Gasteiger partial charge in [-0.3, -0.25) is 0 Å². The summed E-state index contributed by atoms with van der Waals surface area (Å²) in [7, 11) is 0. The Labute approximate surface area is 190 Å². The molecule has 0 aromatic rings. The molecule has 2 fully saturated rings. The number of hydrogen-bond donors (Lipinski definition) is 0. The van der Waals surface area contributed by atoms with E-state index < -0.39 is 0 Å². The summed E-state index contributed by atoms with van der Waals surface area (Å²) in [5, 5.41) is 0. The topological polar surface area (TPSA) is 25.1 Å². The van der Waals surface area contributed by atoms with E-state index in [1.165, 1.54) is 141 Å². The normalized spacial score (nSPS) is 19.4. The first kappa shape index (κ1) is 28.0. The van der Waals surface area contributed by atoms with Gasteiger partial charge in [0.1, 0.15) is 0 Å². The van der Waals surface area contributed by atoms with Crippen LogP contribution in [0, 0.1) is 0 Å². The predicted octanol–water partition coefficient (Wildman–Crippen LogP) is 9.39. The van der Waals surface area contributed by atoms with Gasteiger partial charge in [0.2, 0.25) is 0 Å². The van der Waals surface area contributed by atoms with E-state index in [2.05, 4.69) is 13.8 Å². The molecule has 2 aliphatic heterocycles. The van der Waals surface area contributed by atoms with E-state index in [-0.39, 0.29) is 0 Å². The van der Waals surface area contributed by atoms with Crippen LogP contribution in [0.1, 0.15) is 155 Å². The zero-order chi connectivity index (χ0) is 21.5. The highest BCUT2D eigenvalue weighted by Crippen LogP contribution is 2.19. The summed E-state index contributed by atoms with van der Waals surface area (Å²) in [6.45, 7) is 6.64. The highest BCUT2D eigenvalue weighted by molar-refractivity contribution is 4.68. The second-order valence-corrected chi connectivity index (χ2v) is 9.85. The molecule has 0 aliphatic carbocycles. The highest BCUT2D eigenvalue weighted by atomic mass is 16.6. The SMILES string of the molecule is CCCCCCCCCCCCC1CO1.CCCCCCCCCCCCC1CO1. The number of ether oxygens (including phenoxy) is 2. The molecule has 2 unspecified atom stereocenters. The average molecular weight is 425 g/mol. The monoisotopic (exact) mass is 424 g/mol.